The Hall–Kier alpha value is -3.09. The molecule has 36 heavy (non-hydrogen) atoms. The number of thiocarbonyl (C=S) groups is 1. The number of pyridine rings is 1. The van der Waals surface area contributed by atoms with Gasteiger partial charge >= 0.3 is 0 Å². The molecule has 1 amide bonds. The molecule has 7 nitrogen and oxygen atoms in total. The molecular weight excluding hydrogens is 490 g/mol. The number of piperazine rings is 1. The lowest BCUT2D eigenvalue weighted by molar-refractivity contribution is -0.123. The maximum absolute atomic E-state index is 13.3. The van der Waals surface area contributed by atoms with E-state index in [1.807, 2.05) is 45.0 Å². The molecular formula is C27H31N5O2S2. The van der Waals surface area contributed by atoms with Crippen molar-refractivity contribution < 1.29 is 4.79 Å². The average Bonchev–Trinajstić information content (AvgIpc) is 3.18. The molecule has 4 rings (SSSR count). The molecule has 0 N–H and O–H groups in total. The molecule has 3 heterocycles. The van der Waals surface area contributed by atoms with Crippen molar-refractivity contribution in [3.8, 4) is 6.07 Å². The number of hydrogen-bond donors (Lipinski definition) is 0. The number of benzene rings is 1. The lowest BCUT2D eigenvalue weighted by Crippen LogP contribution is -2.48. The van der Waals surface area contributed by atoms with Crippen molar-refractivity contribution in [3.63, 3.8) is 0 Å². The number of nitrogens with zero attached hydrogens (tertiary/aromatic N) is 5. The van der Waals surface area contributed by atoms with Crippen LogP contribution in [-0.2, 0) is 11.3 Å². The third-order valence-electron chi connectivity index (χ3n) is 6.99. The summed E-state index contributed by atoms with van der Waals surface area (Å²) < 4.78 is 2.21. The van der Waals surface area contributed by atoms with Crippen LogP contribution in [-0.4, -0.2) is 51.9 Å². The minimum atomic E-state index is -0.290. The Morgan fingerprint density at radius 3 is 2.33 bits per heavy atom. The molecule has 1 aromatic carbocycles. The Labute approximate surface area is 222 Å². The van der Waals surface area contributed by atoms with E-state index in [9.17, 15) is 14.9 Å². The van der Waals surface area contributed by atoms with Crippen LogP contribution in [0.1, 0.15) is 43.9 Å². The highest BCUT2D eigenvalue weighted by molar-refractivity contribution is 8.26. The van der Waals surface area contributed by atoms with Gasteiger partial charge in [-0.1, -0.05) is 49.1 Å². The number of aromatic nitrogens is 1. The first-order chi connectivity index (χ1) is 17.3. The first kappa shape index (κ1) is 26.0. The van der Waals surface area contributed by atoms with Gasteiger partial charge in [0.2, 0.25) is 0 Å². The van der Waals surface area contributed by atoms with Gasteiger partial charge in [0.05, 0.1) is 4.91 Å². The SMILES string of the molecule is CCC(C)N1C(=O)C(=Cc2c(C)c(C#N)c(=O)n(CC)c2N2CCN(c3ccccc3)CC2)SC1=S. The number of rotatable bonds is 6. The van der Waals surface area contributed by atoms with E-state index in [1.54, 1.807) is 16.4 Å². The van der Waals surface area contributed by atoms with Crippen molar-refractivity contribution in [3.05, 3.63) is 62.3 Å². The van der Waals surface area contributed by atoms with Crippen LogP contribution in [0.5, 0.6) is 0 Å². The van der Waals surface area contributed by atoms with E-state index in [4.69, 9.17) is 12.2 Å². The van der Waals surface area contributed by atoms with Gasteiger partial charge in [0.15, 0.2) is 0 Å². The third kappa shape index (κ3) is 4.67. The number of hydrogen-bond acceptors (Lipinski definition) is 7. The third-order valence-corrected chi connectivity index (χ3v) is 8.32. The van der Waals surface area contributed by atoms with Crippen molar-refractivity contribution in [2.75, 3.05) is 36.0 Å². The largest absolute Gasteiger partial charge is 0.368 e. The molecule has 2 fully saturated rings. The van der Waals surface area contributed by atoms with E-state index in [0.29, 0.717) is 34.4 Å². The Kier molecular flexibility index (Phi) is 7.86. The number of nitriles is 1. The molecule has 2 aliphatic heterocycles. The molecule has 1 unspecified atom stereocenters. The highest BCUT2D eigenvalue weighted by atomic mass is 32.2. The van der Waals surface area contributed by atoms with Crippen LogP contribution in [0.15, 0.2) is 40.0 Å². The monoisotopic (exact) mass is 521 g/mol. The minimum absolute atomic E-state index is 0.00861. The van der Waals surface area contributed by atoms with Gasteiger partial charge < -0.3 is 9.80 Å². The van der Waals surface area contributed by atoms with Gasteiger partial charge in [-0.05, 0) is 51.0 Å². The van der Waals surface area contributed by atoms with Crippen molar-refractivity contribution in [2.45, 2.75) is 46.7 Å². The maximum atomic E-state index is 13.3. The Balaban J connectivity index is 1.78. The normalized spacial score (nSPS) is 18.2. The molecule has 1 atom stereocenters. The second-order valence-electron chi connectivity index (χ2n) is 9.02. The van der Waals surface area contributed by atoms with Crippen molar-refractivity contribution in [1.82, 2.24) is 9.47 Å². The second-order valence-corrected chi connectivity index (χ2v) is 10.7. The summed E-state index contributed by atoms with van der Waals surface area (Å²) in [6.45, 7) is 11.2. The van der Waals surface area contributed by atoms with E-state index in [2.05, 4.69) is 28.0 Å². The van der Waals surface area contributed by atoms with E-state index in [-0.39, 0.29) is 23.1 Å². The van der Waals surface area contributed by atoms with Crippen LogP contribution >= 0.6 is 24.0 Å². The summed E-state index contributed by atoms with van der Waals surface area (Å²) in [6.07, 6.45) is 2.64. The molecule has 0 bridgehead atoms. The molecule has 9 heteroatoms. The molecule has 0 aliphatic carbocycles. The number of carbonyl (C=O) groups excluding carboxylic acids is 1. The predicted octanol–water partition coefficient (Wildman–Crippen LogP) is 4.37. The van der Waals surface area contributed by atoms with Gasteiger partial charge in [-0.15, -0.1) is 0 Å². The van der Waals surface area contributed by atoms with Gasteiger partial charge in [0, 0.05) is 50.0 Å². The van der Waals surface area contributed by atoms with Gasteiger partial charge in [-0.3, -0.25) is 19.1 Å². The standard InChI is InChI=1S/C27H31N5O2S2/c1-5-18(3)32-26(34)23(36-27(32)35)16-21-19(4)22(17-28)25(33)31(6-2)24(21)30-14-12-29(13-15-30)20-10-8-7-9-11-20/h7-11,16,18H,5-6,12-15H2,1-4H3. The average molecular weight is 522 g/mol. The predicted molar refractivity (Wildman–Crippen MR) is 151 cm³/mol. The molecule has 2 aromatic rings. The van der Waals surface area contributed by atoms with E-state index in [0.717, 1.165) is 30.9 Å². The first-order valence-electron chi connectivity index (χ1n) is 12.3. The lowest BCUT2D eigenvalue weighted by atomic mass is 10.0. The van der Waals surface area contributed by atoms with Gasteiger partial charge in [-0.2, -0.15) is 5.26 Å². The fourth-order valence-electron chi connectivity index (χ4n) is 4.77. The molecule has 0 spiro atoms. The molecule has 188 valence electrons. The number of carbonyl (C=O) groups is 1. The molecule has 1 aromatic heterocycles. The van der Waals surface area contributed by atoms with Gasteiger partial charge in [0.25, 0.3) is 11.5 Å². The molecule has 2 saturated heterocycles. The summed E-state index contributed by atoms with van der Waals surface area (Å²) in [5.74, 6) is 0.645. The summed E-state index contributed by atoms with van der Waals surface area (Å²) in [5.41, 5.74) is 2.34. The number of amides is 1. The highest BCUT2D eigenvalue weighted by Gasteiger charge is 2.35. The quantitative estimate of drug-likeness (QED) is 0.413. The van der Waals surface area contributed by atoms with Crippen LogP contribution < -0.4 is 15.4 Å². The smallest absolute Gasteiger partial charge is 0.270 e. The van der Waals surface area contributed by atoms with Crippen molar-refractivity contribution >= 4 is 51.8 Å². The van der Waals surface area contributed by atoms with Crippen LogP contribution in [0.3, 0.4) is 0 Å². The Morgan fingerprint density at radius 2 is 1.75 bits per heavy atom. The molecule has 0 saturated carbocycles. The Bertz CT molecular complexity index is 1300. The van der Waals surface area contributed by atoms with Crippen molar-refractivity contribution in [2.24, 2.45) is 0 Å². The summed E-state index contributed by atoms with van der Waals surface area (Å²) in [7, 11) is 0. The zero-order valence-corrected chi connectivity index (χ0v) is 22.8. The fourth-order valence-corrected chi connectivity index (χ4v) is 6.21. The summed E-state index contributed by atoms with van der Waals surface area (Å²) in [5, 5.41) is 9.80. The van der Waals surface area contributed by atoms with Crippen LogP contribution in [0.2, 0.25) is 0 Å². The summed E-state index contributed by atoms with van der Waals surface area (Å²) in [4.78, 5) is 33.3. The van der Waals surface area contributed by atoms with Gasteiger partial charge in [-0.25, -0.2) is 0 Å². The first-order valence-corrected chi connectivity index (χ1v) is 13.5. The second kappa shape index (κ2) is 10.9. The van der Waals surface area contributed by atoms with Crippen LogP contribution in [0, 0.1) is 18.3 Å². The van der Waals surface area contributed by atoms with Crippen molar-refractivity contribution in [1.29, 1.82) is 5.26 Å². The number of para-hydroxylation sites is 1. The maximum Gasteiger partial charge on any atom is 0.270 e. The summed E-state index contributed by atoms with van der Waals surface area (Å²) in [6, 6.07) is 12.4. The lowest BCUT2D eigenvalue weighted by Gasteiger charge is -2.39. The number of thioether (sulfide) groups is 1. The van der Waals surface area contributed by atoms with E-state index in [1.165, 1.54) is 17.4 Å². The summed E-state index contributed by atoms with van der Waals surface area (Å²) >= 11 is 6.81. The minimum Gasteiger partial charge on any atom is -0.368 e. The zero-order chi connectivity index (χ0) is 26.0. The van der Waals surface area contributed by atoms with Crippen LogP contribution in [0.25, 0.3) is 6.08 Å². The molecule has 0 radical (unpaired) electrons. The topological polar surface area (TPSA) is 72.6 Å². The molecule has 2 aliphatic rings. The van der Waals surface area contributed by atoms with E-state index < -0.39 is 0 Å². The highest BCUT2D eigenvalue weighted by Crippen LogP contribution is 2.37. The Morgan fingerprint density at radius 1 is 1.11 bits per heavy atom. The number of anilines is 2. The zero-order valence-electron chi connectivity index (χ0n) is 21.2. The van der Waals surface area contributed by atoms with Gasteiger partial charge in [0.1, 0.15) is 21.8 Å². The van der Waals surface area contributed by atoms with Crippen LogP contribution in [0.4, 0.5) is 11.5 Å². The fraction of sp³-hybridized carbons (Fsp3) is 0.407. The van der Waals surface area contributed by atoms with E-state index >= 15 is 0 Å².